The van der Waals surface area contributed by atoms with Crippen LogP contribution in [0.15, 0.2) is 29.8 Å². The van der Waals surface area contributed by atoms with Gasteiger partial charge in [0.2, 0.25) is 0 Å². The van der Waals surface area contributed by atoms with E-state index in [9.17, 15) is 4.79 Å². The zero-order valence-corrected chi connectivity index (χ0v) is 11.4. The van der Waals surface area contributed by atoms with Gasteiger partial charge in [0.25, 0.3) is 5.91 Å². The number of nitrogens with one attached hydrogen (secondary N) is 1. The highest BCUT2D eigenvalue weighted by atomic mass is 16.1. The Kier molecular flexibility index (Phi) is 4.77. The fraction of sp³-hybridized carbons (Fsp3) is 0.357. The van der Waals surface area contributed by atoms with Crippen LogP contribution in [0.25, 0.3) is 0 Å². The largest absolute Gasteiger partial charge is 0.397 e. The highest BCUT2D eigenvalue weighted by Crippen LogP contribution is 2.22. The van der Waals surface area contributed by atoms with Crippen LogP contribution in [-0.4, -0.2) is 26.5 Å². The maximum Gasteiger partial charge on any atom is 0.251 e. The minimum absolute atomic E-state index is 0.107. The highest BCUT2D eigenvalue weighted by molar-refractivity contribution is 5.96. The minimum atomic E-state index is -0.107. The lowest BCUT2D eigenvalue weighted by molar-refractivity contribution is 0.0958. The number of benzene rings is 1. The van der Waals surface area contributed by atoms with Crippen molar-refractivity contribution in [3.63, 3.8) is 0 Å². The van der Waals surface area contributed by atoms with Crippen LogP contribution in [0.3, 0.4) is 0 Å². The first-order valence-corrected chi connectivity index (χ1v) is 5.90. The van der Waals surface area contributed by atoms with Gasteiger partial charge in [0.1, 0.15) is 0 Å². The van der Waals surface area contributed by atoms with E-state index in [4.69, 9.17) is 5.73 Å². The number of allylic oxidation sites excluding steroid dienone is 1. The molecule has 1 aromatic carbocycles. The van der Waals surface area contributed by atoms with Gasteiger partial charge in [0.05, 0.1) is 11.4 Å². The molecule has 18 heavy (non-hydrogen) atoms. The number of hydrogen-bond acceptors (Lipinski definition) is 3. The van der Waals surface area contributed by atoms with Gasteiger partial charge in [-0.1, -0.05) is 11.6 Å². The summed E-state index contributed by atoms with van der Waals surface area (Å²) in [6, 6.07) is 5.34. The van der Waals surface area contributed by atoms with E-state index in [0.717, 1.165) is 5.69 Å². The first-order chi connectivity index (χ1) is 8.41. The van der Waals surface area contributed by atoms with Crippen molar-refractivity contribution in [2.24, 2.45) is 0 Å². The van der Waals surface area contributed by atoms with Crippen LogP contribution in [-0.2, 0) is 0 Å². The first kappa shape index (κ1) is 14.1. The zero-order valence-electron chi connectivity index (χ0n) is 11.4. The number of nitrogens with zero attached hydrogens (tertiary/aromatic N) is 1. The summed E-state index contributed by atoms with van der Waals surface area (Å²) in [7, 11) is 3.83. The molecule has 0 heterocycles. The van der Waals surface area contributed by atoms with Crippen LogP contribution in [0.1, 0.15) is 24.2 Å². The van der Waals surface area contributed by atoms with Crippen LogP contribution in [0, 0.1) is 0 Å². The van der Waals surface area contributed by atoms with Crippen molar-refractivity contribution in [1.29, 1.82) is 0 Å². The van der Waals surface area contributed by atoms with E-state index in [-0.39, 0.29) is 5.91 Å². The van der Waals surface area contributed by atoms with Crippen molar-refractivity contribution < 1.29 is 4.79 Å². The Balaban J connectivity index is 2.76. The summed E-state index contributed by atoms with van der Waals surface area (Å²) in [5.74, 6) is -0.107. The third-order valence-corrected chi connectivity index (χ3v) is 2.54. The molecule has 0 bridgehead atoms. The summed E-state index contributed by atoms with van der Waals surface area (Å²) in [5.41, 5.74) is 9.18. The zero-order chi connectivity index (χ0) is 13.7. The molecule has 0 saturated carbocycles. The van der Waals surface area contributed by atoms with Gasteiger partial charge >= 0.3 is 0 Å². The third-order valence-electron chi connectivity index (χ3n) is 2.54. The molecule has 98 valence electrons. The monoisotopic (exact) mass is 247 g/mol. The minimum Gasteiger partial charge on any atom is -0.397 e. The Morgan fingerprint density at radius 1 is 1.39 bits per heavy atom. The smallest absolute Gasteiger partial charge is 0.251 e. The Hall–Kier alpha value is -1.97. The van der Waals surface area contributed by atoms with Crippen LogP contribution in [0.4, 0.5) is 11.4 Å². The molecule has 3 N–H and O–H groups in total. The molecule has 1 amide bonds. The van der Waals surface area contributed by atoms with Gasteiger partial charge in [0.15, 0.2) is 0 Å². The molecular formula is C14H21N3O. The molecule has 4 heteroatoms. The molecule has 4 nitrogen and oxygen atoms in total. The Morgan fingerprint density at radius 3 is 2.56 bits per heavy atom. The van der Waals surface area contributed by atoms with Crippen molar-refractivity contribution in [2.75, 3.05) is 31.3 Å². The number of carbonyl (C=O) groups is 1. The Morgan fingerprint density at radius 2 is 2.06 bits per heavy atom. The average molecular weight is 247 g/mol. The van der Waals surface area contributed by atoms with E-state index in [1.807, 2.05) is 45.0 Å². The maximum absolute atomic E-state index is 11.9. The molecule has 0 spiro atoms. The number of carbonyl (C=O) groups excluding carboxylic acids is 1. The topological polar surface area (TPSA) is 58.4 Å². The summed E-state index contributed by atoms with van der Waals surface area (Å²) < 4.78 is 0. The van der Waals surface area contributed by atoms with Crippen molar-refractivity contribution in [3.05, 3.63) is 35.4 Å². The molecule has 0 aliphatic rings. The second-order valence-electron chi connectivity index (χ2n) is 4.66. The van der Waals surface area contributed by atoms with Crippen molar-refractivity contribution in [3.8, 4) is 0 Å². The molecule has 0 aliphatic carbocycles. The second kappa shape index (κ2) is 6.10. The molecule has 0 unspecified atom stereocenters. The highest BCUT2D eigenvalue weighted by Gasteiger charge is 2.08. The van der Waals surface area contributed by atoms with Gasteiger partial charge in [0, 0.05) is 26.2 Å². The maximum atomic E-state index is 11.9. The van der Waals surface area contributed by atoms with E-state index >= 15 is 0 Å². The molecule has 0 saturated heterocycles. The number of nitrogens with two attached hydrogens (primary N) is 1. The second-order valence-corrected chi connectivity index (χ2v) is 4.66. The van der Waals surface area contributed by atoms with Gasteiger partial charge in [-0.2, -0.15) is 0 Å². The molecule has 0 atom stereocenters. The molecule has 0 fully saturated rings. The number of nitrogen functional groups attached to an aromatic ring is 1. The molecule has 0 aliphatic heterocycles. The van der Waals surface area contributed by atoms with Gasteiger partial charge in [-0.25, -0.2) is 0 Å². The SMILES string of the molecule is CC(C)=CCNC(=O)c1ccc(N(C)C)c(N)c1. The molecule has 1 aromatic rings. The van der Waals surface area contributed by atoms with Crippen molar-refractivity contribution >= 4 is 17.3 Å². The van der Waals surface area contributed by atoms with E-state index < -0.39 is 0 Å². The van der Waals surface area contributed by atoms with E-state index in [1.54, 1.807) is 12.1 Å². The molecular weight excluding hydrogens is 226 g/mol. The van der Waals surface area contributed by atoms with Gasteiger partial charge in [-0.3, -0.25) is 4.79 Å². The van der Waals surface area contributed by atoms with Crippen molar-refractivity contribution in [2.45, 2.75) is 13.8 Å². The number of hydrogen-bond donors (Lipinski definition) is 2. The van der Waals surface area contributed by atoms with E-state index in [1.165, 1.54) is 5.57 Å². The first-order valence-electron chi connectivity index (χ1n) is 5.90. The Bertz CT molecular complexity index is 460. The van der Waals surface area contributed by atoms with Gasteiger partial charge in [-0.15, -0.1) is 0 Å². The van der Waals surface area contributed by atoms with Crippen LogP contribution in [0.2, 0.25) is 0 Å². The van der Waals surface area contributed by atoms with Crippen LogP contribution in [0.5, 0.6) is 0 Å². The van der Waals surface area contributed by atoms with Gasteiger partial charge < -0.3 is 16.0 Å². The van der Waals surface area contributed by atoms with Gasteiger partial charge in [-0.05, 0) is 32.0 Å². The third kappa shape index (κ3) is 3.80. The predicted molar refractivity (Wildman–Crippen MR) is 76.9 cm³/mol. The predicted octanol–water partition coefficient (Wildman–Crippen LogP) is 2.03. The Labute approximate surface area is 108 Å². The van der Waals surface area contributed by atoms with E-state index in [2.05, 4.69) is 5.32 Å². The fourth-order valence-corrected chi connectivity index (χ4v) is 1.55. The average Bonchev–Trinajstić information content (AvgIpc) is 2.27. The number of amides is 1. The summed E-state index contributed by atoms with van der Waals surface area (Å²) in [6.07, 6.45) is 1.97. The van der Waals surface area contributed by atoms with Crippen LogP contribution < -0.4 is 16.0 Å². The normalized spacial score (nSPS) is 9.78. The fourth-order valence-electron chi connectivity index (χ4n) is 1.55. The van der Waals surface area contributed by atoms with E-state index in [0.29, 0.717) is 17.8 Å². The summed E-state index contributed by atoms with van der Waals surface area (Å²) in [4.78, 5) is 13.8. The summed E-state index contributed by atoms with van der Waals surface area (Å²) in [5, 5.41) is 2.82. The lowest BCUT2D eigenvalue weighted by atomic mass is 10.1. The lowest BCUT2D eigenvalue weighted by Gasteiger charge is -2.15. The molecule has 1 rings (SSSR count). The number of rotatable bonds is 4. The standard InChI is InChI=1S/C14H21N3O/c1-10(2)7-8-16-14(18)11-5-6-13(17(3)4)12(15)9-11/h5-7,9H,8,15H2,1-4H3,(H,16,18). The summed E-state index contributed by atoms with van der Waals surface area (Å²) in [6.45, 7) is 4.53. The summed E-state index contributed by atoms with van der Waals surface area (Å²) >= 11 is 0. The number of anilines is 2. The lowest BCUT2D eigenvalue weighted by Crippen LogP contribution is -2.23. The molecule has 0 radical (unpaired) electrons. The molecule has 0 aromatic heterocycles. The quantitative estimate of drug-likeness (QED) is 0.632. The van der Waals surface area contributed by atoms with Crippen LogP contribution >= 0.6 is 0 Å². The van der Waals surface area contributed by atoms with Crippen molar-refractivity contribution in [1.82, 2.24) is 5.32 Å².